The van der Waals surface area contributed by atoms with Gasteiger partial charge >= 0.3 is 0 Å². The van der Waals surface area contributed by atoms with Gasteiger partial charge in [-0.1, -0.05) is 38.1 Å². The van der Waals surface area contributed by atoms with Gasteiger partial charge in [0.25, 0.3) is 0 Å². The molecule has 2 rings (SSSR count). The van der Waals surface area contributed by atoms with Crippen LogP contribution in [0.3, 0.4) is 0 Å². The van der Waals surface area contributed by atoms with Gasteiger partial charge in [-0.25, -0.2) is 0 Å². The smallest absolute Gasteiger partial charge is 0.0211 e. The first kappa shape index (κ1) is 13.0. The molecule has 0 saturated heterocycles. The zero-order valence-electron chi connectivity index (χ0n) is 11.1. The third kappa shape index (κ3) is 2.86. The van der Waals surface area contributed by atoms with E-state index >= 15 is 0 Å². The van der Waals surface area contributed by atoms with Gasteiger partial charge < -0.3 is 5.73 Å². The van der Waals surface area contributed by atoms with Crippen molar-refractivity contribution in [3.63, 3.8) is 0 Å². The normalized spacial score (nSPS) is 27.3. The molecule has 17 heavy (non-hydrogen) atoms. The first-order valence-corrected chi connectivity index (χ1v) is 7.47. The molecule has 1 aliphatic rings. The first-order valence-electron chi connectivity index (χ1n) is 6.42. The number of thioether (sulfide) groups is 1. The van der Waals surface area contributed by atoms with E-state index < -0.39 is 0 Å². The molecule has 0 radical (unpaired) electrons. The van der Waals surface area contributed by atoms with Crippen molar-refractivity contribution in [2.24, 2.45) is 11.1 Å². The summed E-state index contributed by atoms with van der Waals surface area (Å²) in [6, 6.07) is 8.99. The van der Waals surface area contributed by atoms with Crippen LogP contribution in [0.15, 0.2) is 24.3 Å². The van der Waals surface area contributed by atoms with Gasteiger partial charge in [-0.2, -0.15) is 11.8 Å². The average molecular weight is 249 g/mol. The molecule has 0 bridgehead atoms. The second-order valence-corrected chi connectivity index (χ2v) is 7.06. The van der Waals surface area contributed by atoms with E-state index in [-0.39, 0.29) is 0 Å². The summed E-state index contributed by atoms with van der Waals surface area (Å²) in [7, 11) is 0. The molecule has 2 unspecified atom stereocenters. The summed E-state index contributed by atoms with van der Waals surface area (Å²) < 4.78 is 0. The minimum absolute atomic E-state index is 0.323. The van der Waals surface area contributed by atoms with Gasteiger partial charge in [0.2, 0.25) is 0 Å². The van der Waals surface area contributed by atoms with Gasteiger partial charge in [0, 0.05) is 17.0 Å². The lowest BCUT2D eigenvalue weighted by molar-refractivity contribution is 0.334. The highest BCUT2D eigenvalue weighted by Gasteiger charge is 2.39. The molecule has 94 valence electrons. The highest BCUT2D eigenvalue weighted by Crippen LogP contribution is 2.42. The van der Waals surface area contributed by atoms with Crippen LogP contribution < -0.4 is 5.73 Å². The summed E-state index contributed by atoms with van der Waals surface area (Å²) in [6.07, 6.45) is 2.53. The van der Waals surface area contributed by atoms with Crippen molar-refractivity contribution >= 4 is 11.8 Å². The maximum Gasteiger partial charge on any atom is 0.0211 e. The fourth-order valence-electron chi connectivity index (χ4n) is 2.52. The maximum atomic E-state index is 6.34. The Labute approximate surface area is 109 Å². The van der Waals surface area contributed by atoms with E-state index in [9.17, 15) is 0 Å². The lowest BCUT2D eigenvalue weighted by Crippen LogP contribution is -2.38. The average Bonchev–Trinajstić information content (AvgIpc) is 2.54. The Morgan fingerprint density at radius 1 is 1.35 bits per heavy atom. The Balaban J connectivity index is 1.94. The van der Waals surface area contributed by atoms with Crippen LogP contribution in [0, 0.1) is 12.3 Å². The topological polar surface area (TPSA) is 26.0 Å². The summed E-state index contributed by atoms with van der Waals surface area (Å²) in [5.74, 6) is 1.10. The zero-order valence-corrected chi connectivity index (χ0v) is 11.9. The summed E-state index contributed by atoms with van der Waals surface area (Å²) >= 11 is 2.04. The van der Waals surface area contributed by atoms with Gasteiger partial charge in [-0.3, -0.25) is 0 Å². The Hall–Kier alpha value is -0.470. The van der Waals surface area contributed by atoms with Crippen molar-refractivity contribution in [2.75, 3.05) is 0 Å². The molecule has 1 nitrogen and oxygen atoms in total. The van der Waals surface area contributed by atoms with Crippen molar-refractivity contribution in [1.82, 2.24) is 0 Å². The lowest BCUT2D eigenvalue weighted by Gasteiger charge is -2.26. The monoisotopic (exact) mass is 249 g/mol. The van der Waals surface area contributed by atoms with E-state index in [1.54, 1.807) is 0 Å². The quantitative estimate of drug-likeness (QED) is 0.883. The molecular formula is C15H23NS. The van der Waals surface area contributed by atoms with Gasteiger partial charge in [0.05, 0.1) is 0 Å². The maximum absolute atomic E-state index is 6.34. The second-order valence-electron chi connectivity index (χ2n) is 5.83. The van der Waals surface area contributed by atoms with Gasteiger partial charge in [0.1, 0.15) is 0 Å². The molecule has 0 heterocycles. The van der Waals surface area contributed by atoms with Crippen LogP contribution in [0.2, 0.25) is 0 Å². The van der Waals surface area contributed by atoms with Gasteiger partial charge in [0.15, 0.2) is 0 Å². The van der Waals surface area contributed by atoms with Gasteiger partial charge in [-0.05, 0) is 36.3 Å². The summed E-state index contributed by atoms with van der Waals surface area (Å²) in [6.45, 7) is 6.78. The Bertz CT molecular complexity index is 386. The zero-order chi connectivity index (χ0) is 12.5. The molecular weight excluding hydrogens is 226 g/mol. The third-order valence-electron chi connectivity index (χ3n) is 4.09. The van der Waals surface area contributed by atoms with E-state index in [0.29, 0.717) is 16.7 Å². The fourth-order valence-corrected chi connectivity index (χ4v) is 4.10. The number of benzene rings is 1. The SMILES string of the molecule is Cc1ccccc1CSC1CCC(C)(C)C1N. The molecule has 0 spiro atoms. The fraction of sp³-hybridized carbons (Fsp3) is 0.600. The first-order chi connectivity index (χ1) is 8.00. The third-order valence-corrected chi connectivity index (χ3v) is 5.53. The Morgan fingerprint density at radius 2 is 2.06 bits per heavy atom. The van der Waals surface area contributed by atoms with Crippen LogP contribution in [0.25, 0.3) is 0 Å². The molecule has 2 atom stereocenters. The van der Waals surface area contributed by atoms with Gasteiger partial charge in [-0.15, -0.1) is 0 Å². The Morgan fingerprint density at radius 3 is 2.65 bits per heavy atom. The second kappa shape index (κ2) is 5.03. The van der Waals surface area contributed by atoms with E-state index in [0.717, 1.165) is 5.75 Å². The highest BCUT2D eigenvalue weighted by molar-refractivity contribution is 7.99. The van der Waals surface area contributed by atoms with E-state index in [1.165, 1.54) is 24.0 Å². The predicted molar refractivity (Wildman–Crippen MR) is 77.3 cm³/mol. The minimum Gasteiger partial charge on any atom is -0.326 e. The minimum atomic E-state index is 0.323. The van der Waals surface area contributed by atoms with Crippen LogP contribution in [0.4, 0.5) is 0 Å². The van der Waals surface area contributed by atoms with E-state index in [2.05, 4.69) is 45.0 Å². The molecule has 0 aliphatic heterocycles. The predicted octanol–water partition coefficient (Wildman–Crippen LogP) is 3.74. The van der Waals surface area contributed by atoms with Crippen molar-refractivity contribution in [2.45, 2.75) is 50.7 Å². The summed E-state index contributed by atoms with van der Waals surface area (Å²) in [5, 5.41) is 0.629. The Kier molecular flexibility index (Phi) is 3.84. The summed E-state index contributed by atoms with van der Waals surface area (Å²) in [5.41, 5.74) is 9.51. The standard InChI is InChI=1S/C15H23NS/c1-11-6-4-5-7-12(11)10-17-13-8-9-15(2,3)14(13)16/h4-7,13-14H,8-10,16H2,1-3H3. The number of aryl methyl sites for hydroxylation is 1. The van der Waals surface area contributed by atoms with Crippen LogP contribution in [0.5, 0.6) is 0 Å². The lowest BCUT2D eigenvalue weighted by atomic mass is 9.88. The number of hydrogen-bond donors (Lipinski definition) is 1. The van der Waals surface area contributed by atoms with Crippen LogP contribution in [-0.4, -0.2) is 11.3 Å². The molecule has 1 saturated carbocycles. The highest BCUT2D eigenvalue weighted by atomic mass is 32.2. The molecule has 0 aromatic heterocycles. The van der Waals surface area contributed by atoms with Crippen LogP contribution in [0.1, 0.15) is 37.8 Å². The van der Waals surface area contributed by atoms with Crippen molar-refractivity contribution in [1.29, 1.82) is 0 Å². The molecule has 2 heteroatoms. The van der Waals surface area contributed by atoms with Crippen molar-refractivity contribution in [3.05, 3.63) is 35.4 Å². The molecule has 0 amide bonds. The number of hydrogen-bond acceptors (Lipinski definition) is 2. The van der Waals surface area contributed by atoms with Crippen LogP contribution in [-0.2, 0) is 5.75 Å². The molecule has 1 aromatic carbocycles. The summed E-state index contributed by atoms with van der Waals surface area (Å²) in [4.78, 5) is 0. The number of rotatable bonds is 3. The molecule has 1 aliphatic carbocycles. The largest absolute Gasteiger partial charge is 0.326 e. The van der Waals surface area contributed by atoms with Crippen LogP contribution >= 0.6 is 11.8 Å². The van der Waals surface area contributed by atoms with E-state index in [1.807, 2.05) is 11.8 Å². The molecule has 1 fully saturated rings. The molecule has 2 N–H and O–H groups in total. The van der Waals surface area contributed by atoms with Crippen molar-refractivity contribution < 1.29 is 0 Å². The van der Waals surface area contributed by atoms with E-state index in [4.69, 9.17) is 5.73 Å². The van der Waals surface area contributed by atoms with Crippen molar-refractivity contribution in [3.8, 4) is 0 Å². The number of nitrogens with two attached hydrogens (primary N) is 1. The molecule has 1 aromatic rings.